The van der Waals surface area contributed by atoms with E-state index in [1.54, 1.807) is 7.11 Å². The summed E-state index contributed by atoms with van der Waals surface area (Å²) >= 11 is 1.37. The van der Waals surface area contributed by atoms with Gasteiger partial charge >= 0.3 is 0 Å². The topological polar surface area (TPSA) is 26.3 Å². The van der Waals surface area contributed by atoms with Gasteiger partial charge < -0.3 is 4.74 Å². The lowest BCUT2D eigenvalue weighted by molar-refractivity contribution is -0.115. The highest BCUT2D eigenvalue weighted by molar-refractivity contribution is 8.13. The Kier molecular flexibility index (Phi) is 3.40. The molecule has 2 nitrogen and oxygen atoms in total. The first-order valence-electron chi connectivity index (χ1n) is 6.64. The van der Waals surface area contributed by atoms with Gasteiger partial charge in [0.15, 0.2) is 5.12 Å². The summed E-state index contributed by atoms with van der Waals surface area (Å²) in [5.74, 6) is 2.34. The van der Waals surface area contributed by atoms with E-state index in [-0.39, 0.29) is 5.92 Å². The molecule has 2 bridgehead atoms. The summed E-state index contributed by atoms with van der Waals surface area (Å²) in [5.41, 5.74) is 1.27. The van der Waals surface area contributed by atoms with E-state index in [4.69, 9.17) is 4.74 Å². The van der Waals surface area contributed by atoms with Gasteiger partial charge in [-0.3, -0.25) is 4.79 Å². The average Bonchev–Trinajstić information content (AvgIpc) is 3.07. The molecule has 0 radical (unpaired) electrons. The zero-order chi connectivity index (χ0) is 13.4. The second-order valence-electron chi connectivity index (χ2n) is 5.30. The van der Waals surface area contributed by atoms with Crippen LogP contribution in [0.3, 0.4) is 0 Å². The number of thioether (sulfide) groups is 1. The van der Waals surface area contributed by atoms with Gasteiger partial charge in [-0.1, -0.05) is 36.0 Å². The van der Waals surface area contributed by atoms with Crippen LogP contribution in [-0.4, -0.2) is 18.5 Å². The zero-order valence-electron chi connectivity index (χ0n) is 11.2. The number of hydrogen-bond donors (Lipinski definition) is 0. The molecule has 1 saturated carbocycles. The van der Waals surface area contributed by atoms with E-state index in [0.717, 1.165) is 12.2 Å². The number of benzene rings is 1. The van der Waals surface area contributed by atoms with Crippen LogP contribution in [0.2, 0.25) is 0 Å². The van der Waals surface area contributed by atoms with Gasteiger partial charge in [0.2, 0.25) is 0 Å². The fourth-order valence-corrected chi connectivity index (χ4v) is 4.15. The summed E-state index contributed by atoms with van der Waals surface area (Å²) in [4.78, 5) is 12.2. The molecular formula is C16H18O2S. The van der Waals surface area contributed by atoms with Crippen molar-refractivity contribution in [3.8, 4) is 5.75 Å². The summed E-state index contributed by atoms with van der Waals surface area (Å²) in [6.07, 6.45) is 7.56. The summed E-state index contributed by atoms with van der Waals surface area (Å²) < 4.78 is 5.20. The van der Waals surface area contributed by atoms with Crippen molar-refractivity contribution in [2.45, 2.75) is 12.3 Å². The second kappa shape index (κ2) is 5.04. The van der Waals surface area contributed by atoms with Gasteiger partial charge in [0, 0.05) is 11.8 Å². The molecule has 0 heterocycles. The van der Waals surface area contributed by atoms with Crippen LogP contribution in [-0.2, 0) is 4.79 Å². The van der Waals surface area contributed by atoms with Crippen LogP contribution < -0.4 is 4.74 Å². The summed E-state index contributed by atoms with van der Waals surface area (Å²) in [7, 11) is 1.68. The molecule has 2 aliphatic rings. The first kappa shape index (κ1) is 12.8. The van der Waals surface area contributed by atoms with Crippen LogP contribution in [0.25, 0.3) is 0 Å². The van der Waals surface area contributed by atoms with E-state index in [9.17, 15) is 4.79 Å². The molecule has 1 fully saturated rings. The molecule has 0 aliphatic heterocycles. The maximum atomic E-state index is 12.2. The molecule has 0 amide bonds. The summed E-state index contributed by atoms with van der Waals surface area (Å²) in [5, 5.41) is 0.331. The zero-order valence-corrected chi connectivity index (χ0v) is 12.0. The van der Waals surface area contributed by atoms with Crippen molar-refractivity contribution in [2.24, 2.45) is 17.8 Å². The molecule has 0 spiro atoms. The second-order valence-corrected chi connectivity index (χ2v) is 6.11. The molecule has 100 valence electrons. The molecule has 2 aliphatic carbocycles. The van der Waals surface area contributed by atoms with Crippen molar-refractivity contribution >= 4 is 16.9 Å². The maximum absolute atomic E-state index is 12.2. The van der Waals surface area contributed by atoms with E-state index in [1.165, 1.54) is 17.3 Å². The molecule has 0 unspecified atom stereocenters. The molecule has 0 saturated heterocycles. The molecule has 1 aromatic carbocycles. The van der Waals surface area contributed by atoms with Crippen LogP contribution in [0, 0.1) is 17.8 Å². The Labute approximate surface area is 118 Å². The molecular weight excluding hydrogens is 256 g/mol. The highest BCUT2D eigenvalue weighted by Crippen LogP contribution is 2.54. The smallest absolute Gasteiger partial charge is 0.192 e. The highest BCUT2D eigenvalue weighted by Gasteiger charge is 2.48. The molecule has 0 aromatic heterocycles. The first-order chi connectivity index (χ1) is 9.24. The van der Waals surface area contributed by atoms with Crippen molar-refractivity contribution in [3.63, 3.8) is 0 Å². The van der Waals surface area contributed by atoms with Crippen molar-refractivity contribution in [1.29, 1.82) is 0 Å². The molecule has 3 rings (SSSR count). The molecule has 3 heteroatoms. The quantitative estimate of drug-likeness (QED) is 0.789. The standard InChI is InChI=1S/C16H18O2S/c1-18-13-7-5-10(6-8-13)14-11-3-4-12(9-11)15(14)16(17)19-2/h3-8,11-12,14-15H,9H2,1-2H3/t11-,12+,14+,15+/m1/s1. The number of rotatable bonds is 3. The van der Waals surface area contributed by atoms with Gasteiger partial charge in [-0.2, -0.15) is 0 Å². The van der Waals surface area contributed by atoms with Crippen LogP contribution in [0.5, 0.6) is 5.75 Å². The Balaban J connectivity index is 1.92. The lowest BCUT2D eigenvalue weighted by Crippen LogP contribution is -2.24. The molecule has 4 atom stereocenters. The molecule has 1 aromatic rings. The Morgan fingerprint density at radius 3 is 2.53 bits per heavy atom. The Hall–Kier alpha value is -1.22. The minimum Gasteiger partial charge on any atom is -0.497 e. The predicted molar refractivity (Wildman–Crippen MR) is 78.5 cm³/mol. The fourth-order valence-electron chi connectivity index (χ4n) is 3.56. The number of allylic oxidation sites excluding steroid dienone is 2. The third-order valence-corrected chi connectivity index (χ3v) is 5.11. The largest absolute Gasteiger partial charge is 0.497 e. The van der Waals surface area contributed by atoms with Crippen LogP contribution in [0.1, 0.15) is 17.9 Å². The van der Waals surface area contributed by atoms with Gasteiger partial charge in [-0.05, 0) is 42.2 Å². The van der Waals surface area contributed by atoms with Gasteiger partial charge in [0.1, 0.15) is 5.75 Å². The van der Waals surface area contributed by atoms with Crippen molar-refractivity contribution < 1.29 is 9.53 Å². The SMILES string of the molecule is COc1ccc([C@@H]2[C@@H](C(=O)SC)[C@H]3C=C[C@@H]2C3)cc1. The van der Waals surface area contributed by atoms with Crippen LogP contribution in [0.15, 0.2) is 36.4 Å². The predicted octanol–water partition coefficient (Wildman–Crippen LogP) is 3.49. The molecule has 0 N–H and O–H groups in total. The summed E-state index contributed by atoms with van der Waals surface area (Å²) in [6, 6.07) is 8.20. The Morgan fingerprint density at radius 1 is 1.21 bits per heavy atom. The van der Waals surface area contributed by atoms with E-state index in [1.807, 2.05) is 18.4 Å². The minimum atomic E-state index is 0.151. The van der Waals surface area contributed by atoms with Gasteiger partial charge in [-0.25, -0.2) is 0 Å². The van der Waals surface area contributed by atoms with Gasteiger partial charge in [0.05, 0.1) is 7.11 Å². The third kappa shape index (κ3) is 2.10. The Bertz CT molecular complexity index is 506. The van der Waals surface area contributed by atoms with Gasteiger partial charge in [-0.15, -0.1) is 0 Å². The normalized spacial score (nSPS) is 31.7. The van der Waals surface area contributed by atoms with E-state index in [2.05, 4.69) is 24.3 Å². The molecule has 19 heavy (non-hydrogen) atoms. The average molecular weight is 274 g/mol. The number of carbonyl (C=O) groups excluding carboxylic acids is 1. The Morgan fingerprint density at radius 2 is 1.89 bits per heavy atom. The number of carbonyl (C=O) groups is 1. The lowest BCUT2D eigenvalue weighted by atomic mass is 9.79. The van der Waals surface area contributed by atoms with Crippen molar-refractivity contribution in [3.05, 3.63) is 42.0 Å². The van der Waals surface area contributed by atoms with Crippen molar-refractivity contribution in [1.82, 2.24) is 0 Å². The minimum absolute atomic E-state index is 0.151. The van der Waals surface area contributed by atoms with E-state index in [0.29, 0.717) is 22.9 Å². The summed E-state index contributed by atoms with van der Waals surface area (Å²) in [6.45, 7) is 0. The van der Waals surface area contributed by atoms with Crippen LogP contribution >= 0.6 is 11.8 Å². The van der Waals surface area contributed by atoms with Crippen LogP contribution in [0.4, 0.5) is 0 Å². The fraction of sp³-hybridized carbons (Fsp3) is 0.438. The number of methoxy groups -OCH3 is 1. The number of fused-ring (bicyclic) bond motifs is 2. The van der Waals surface area contributed by atoms with Gasteiger partial charge in [0.25, 0.3) is 0 Å². The first-order valence-corrected chi connectivity index (χ1v) is 7.87. The maximum Gasteiger partial charge on any atom is 0.192 e. The third-order valence-electron chi connectivity index (χ3n) is 4.43. The highest BCUT2D eigenvalue weighted by atomic mass is 32.2. The lowest BCUT2D eigenvalue weighted by Gasteiger charge is -2.26. The van der Waals surface area contributed by atoms with E-state index < -0.39 is 0 Å². The number of hydrogen-bond acceptors (Lipinski definition) is 3. The van der Waals surface area contributed by atoms with E-state index >= 15 is 0 Å². The monoisotopic (exact) mass is 274 g/mol. The van der Waals surface area contributed by atoms with Crippen molar-refractivity contribution in [2.75, 3.05) is 13.4 Å². The number of ether oxygens (including phenoxy) is 1.